The predicted molar refractivity (Wildman–Crippen MR) is 48.2 cm³/mol. The highest BCUT2D eigenvalue weighted by molar-refractivity contribution is 5.34. The normalized spacial score (nSPS) is 10.4. The molecule has 0 amide bonds. The minimum atomic E-state index is -0.286. The van der Waals surface area contributed by atoms with E-state index < -0.39 is 0 Å². The van der Waals surface area contributed by atoms with Gasteiger partial charge in [-0.05, 0) is 43.0 Å². The van der Waals surface area contributed by atoms with E-state index in [-0.39, 0.29) is 18.2 Å². The quantitative estimate of drug-likeness (QED) is 0.751. The van der Waals surface area contributed by atoms with Crippen LogP contribution < -0.4 is 0 Å². The van der Waals surface area contributed by atoms with Gasteiger partial charge in [0.05, 0.1) is 0 Å². The van der Waals surface area contributed by atoms with Gasteiger partial charge in [-0.25, -0.2) is 4.39 Å². The van der Waals surface area contributed by atoms with Crippen molar-refractivity contribution in [2.75, 3.05) is 6.61 Å². The fourth-order valence-corrected chi connectivity index (χ4v) is 1.27. The minimum Gasteiger partial charge on any atom is -0.508 e. The Morgan fingerprint density at radius 3 is 2.69 bits per heavy atom. The second-order valence-electron chi connectivity index (χ2n) is 3.06. The van der Waals surface area contributed by atoms with Crippen LogP contribution in [0.1, 0.15) is 17.5 Å². The Morgan fingerprint density at radius 2 is 2.08 bits per heavy atom. The molecule has 0 bridgehead atoms. The average molecular weight is 184 g/mol. The Bertz CT molecular complexity index is 297. The van der Waals surface area contributed by atoms with Gasteiger partial charge < -0.3 is 10.2 Å². The van der Waals surface area contributed by atoms with Crippen LogP contribution in [0.25, 0.3) is 0 Å². The van der Waals surface area contributed by atoms with Crippen molar-refractivity contribution >= 4 is 0 Å². The molecule has 1 rings (SSSR count). The van der Waals surface area contributed by atoms with Crippen LogP contribution in [0.4, 0.5) is 4.39 Å². The van der Waals surface area contributed by atoms with E-state index in [0.29, 0.717) is 24.0 Å². The summed E-state index contributed by atoms with van der Waals surface area (Å²) in [7, 11) is 0. The third-order valence-electron chi connectivity index (χ3n) is 1.92. The van der Waals surface area contributed by atoms with E-state index in [1.165, 1.54) is 12.1 Å². The van der Waals surface area contributed by atoms with E-state index in [9.17, 15) is 9.50 Å². The smallest absolute Gasteiger partial charge is 0.129 e. The molecule has 0 aromatic heterocycles. The molecule has 2 nitrogen and oxygen atoms in total. The number of aliphatic hydroxyl groups is 1. The number of phenols is 1. The lowest BCUT2D eigenvalue weighted by Gasteiger charge is -2.05. The van der Waals surface area contributed by atoms with Gasteiger partial charge in [0.2, 0.25) is 0 Å². The molecule has 2 N–H and O–H groups in total. The van der Waals surface area contributed by atoms with Crippen molar-refractivity contribution in [1.82, 2.24) is 0 Å². The van der Waals surface area contributed by atoms with Crippen molar-refractivity contribution in [3.8, 4) is 5.75 Å². The zero-order valence-corrected chi connectivity index (χ0v) is 7.55. The topological polar surface area (TPSA) is 40.5 Å². The van der Waals surface area contributed by atoms with Crippen molar-refractivity contribution in [2.45, 2.75) is 19.8 Å². The number of aryl methyl sites for hydroxylation is 2. The highest BCUT2D eigenvalue weighted by atomic mass is 19.1. The van der Waals surface area contributed by atoms with Crippen molar-refractivity contribution < 1.29 is 14.6 Å². The fourth-order valence-electron chi connectivity index (χ4n) is 1.27. The van der Waals surface area contributed by atoms with Gasteiger partial charge in [-0.2, -0.15) is 0 Å². The molecule has 0 fully saturated rings. The summed E-state index contributed by atoms with van der Waals surface area (Å²) >= 11 is 0. The Morgan fingerprint density at radius 1 is 1.38 bits per heavy atom. The number of halogens is 1. The molecule has 0 unspecified atom stereocenters. The van der Waals surface area contributed by atoms with E-state index in [0.717, 1.165) is 0 Å². The Hall–Kier alpha value is -1.09. The fraction of sp³-hybridized carbons (Fsp3) is 0.400. The monoisotopic (exact) mass is 184 g/mol. The molecule has 0 radical (unpaired) electrons. The maximum absolute atomic E-state index is 13.3. The highest BCUT2D eigenvalue weighted by Gasteiger charge is 2.06. The first-order valence-corrected chi connectivity index (χ1v) is 4.24. The largest absolute Gasteiger partial charge is 0.508 e. The van der Waals surface area contributed by atoms with Crippen LogP contribution >= 0.6 is 0 Å². The predicted octanol–water partition coefficient (Wildman–Crippen LogP) is 1.76. The number of rotatable bonds is 3. The molecule has 3 heteroatoms. The molecule has 0 spiro atoms. The summed E-state index contributed by atoms with van der Waals surface area (Å²) in [5.41, 5.74) is 0.902. The SMILES string of the molecule is Cc1cc(O)cc(CCCO)c1F. The molecule has 72 valence electrons. The lowest BCUT2D eigenvalue weighted by Crippen LogP contribution is -1.95. The second-order valence-corrected chi connectivity index (χ2v) is 3.06. The first-order chi connectivity index (χ1) is 6.15. The van der Waals surface area contributed by atoms with Crippen molar-refractivity contribution in [3.05, 3.63) is 29.1 Å². The maximum Gasteiger partial charge on any atom is 0.129 e. The van der Waals surface area contributed by atoms with Gasteiger partial charge in [0.15, 0.2) is 0 Å². The lowest BCUT2D eigenvalue weighted by atomic mass is 10.1. The van der Waals surface area contributed by atoms with Crippen LogP contribution in [0.15, 0.2) is 12.1 Å². The summed E-state index contributed by atoms with van der Waals surface area (Å²) in [6, 6.07) is 2.79. The van der Waals surface area contributed by atoms with E-state index in [4.69, 9.17) is 5.11 Å². The van der Waals surface area contributed by atoms with Gasteiger partial charge in [0.25, 0.3) is 0 Å². The van der Waals surface area contributed by atoms with Crippen LogP contribution in [-0.2, 0) is 6.42 Å². The molecule has 13 heavy (non-hydrogen) atoms. The summed E-state index contributed by atoms with van der Waals surface area (Å²) in [5.74, 6) is -0.210. The molecule has 0 saturated carbocycles. The molecular formula is C10H13FO2. The molecule has 0 heterocycles. The summed E-state index contributed by atoms with van der Waals surface area (Å²) in [4.78, 5) is 0. The van der Waals surface area contributed by atoms with Crippen LogP contribution in [-0.4, -0.2) is 16.8 Å². The molecule has 0 saturated heterocycles. The molecule has 1 aromatic carbocycles. The number of aliphatic hydroxyl groups excluding tert-OH is 1. The molecule has 1 aromatic rings. The van der Waals surface area contributed by atoms with E-state index in [1.807, 2.05) is 0 Å². The number of phenolic OH excluding ortho intramolecular Hbond substituents is 1. The first-order valence-electron chi connectivity index (χ1n) is 4.24. The Labute approximate surface area is 76.6 Å². The van der Waals surface area contributed by atoms with Gasteiger partial charge in [0.1, 0.15) is 11.6 Å². The third kappa shape index (κ3) is 2.42. The number of benzene rings is 1. The molecule has 0 aliphatic carbocycles. The van der Waals surface area contributed by atoms with Crippen LogP contribution in [0.3, 0.4) is 0 Å². The first kappa shape index (κ1) is 9.99. The van der Waals surface area contributed by atoms with E-state index >= 15 is 0 Å². The summed E-state index contributed by atoms with van der Waals surface area (Å²) in [6.07, 6.45) is 0.970. The van der Waals surface area contributed by atoms with E-state index in [2.05, 4.69) is 0 Å². The van der Waals surface area contributed by atoms with Crippen molar-refractivity contribution in [1.29, 1.82) is 0 Å². The van der Waals surface area contributed by atoms with Gasteiger partial charge in [-0.1, -0.05) is 0 Å². The van der Waals surface area contributed by atoms with Crippen LogP contribution in [0.5, 0.6) is 5.75 Å². The third-order valence-corrected chi connectivity index (χ3v) is 1.92. The standard InChI is InChI=1S/C10H13FO2/c1-7-5-9(13)6-8(10(7)11)3-2-4-12/h5-6,12-13H,2-4H2,1H3. The molecule has 0 atom stereocenters. The van der Waals surface area contributed by atoms with Gasteiger partial charge in [-0.15, -0.1) is 0 Å². The zero-order chi connectivity index (χ0) is 9.84. The summed E-state index contributed by atoms with van der Waals surface area (Å²) in [5, 5.41) is 17.8. The van der Waals surface area contributed by atoms with Crippen LogP contribution in [0.2, 0.25) is 0 Å². The molecular weight excluding hydrogens is 171 g/mol. The molecule has 0 aliphatic rings. The summed E-state index contributed by atoms with van der Waals surface area (Å²) < 4.78 is 13.3. The lowest BCUT2D eigenvalue weighted by molar-refractivity contribution is 0.288. The van der Waals surface area contributed by atoms with Crippen molar-refractivity contribution in [2.24, 2.45) is 0 Å². The Kier molecular flexibility index (Phi) is 3.25. The zero-order valence-electron chi connectivity index (χ0n) is 7.55. The van der Waals surface area contributed by atoms with Gasteiger partial charge >= 0.3 is 0 Å². The second kappa shape index (κ2) is 4.23. The number of hydrogen-bond acceptors (Lipinski definition) is 2. The number of hydrogen-bond donors (Lipinski definition) is 2. The molecule has 0 aliphatic heterocycles. The summed E-state index contributed by atoms with van der Waals surface area (Å²) in [6.45, 7) is 1.64. The van der Waals surface area contributed by atoms with Gasteiger partial charge in [-0.3, -0.25) is 0 Å². The van der Waals surface area contributed by atoms with Crippen molar-refractivity contribution in [3.63, 3.8) is 0 Å². The van der Waals surface area contributed by atoms with E-state index in [1.54, 1.807) is 6.92 Å². The number of aromatic hydroxyl groups is 1. The maximum atomic E-state index is 13.3. The van der Waals surface area contributed by atoms with Crippen LogP contribution in [0, 0.1) is 12.7 Å². The Balaban J connectivity index is 2.92. The van der Waals surface area contributed by atoms with Gasteiger partial charge in [0, 0.05) is 6.61 Å². The average Bonchev–Trinajstić information content (AvgIpc) is 2.09. The minimum absolute atomic E-state index is 0.0359. The highest BCUT2D eigenvalue weighted by Crippen LogP contribution is 2.20.